The van der Waals surface area contributed by atoms with E-state index in [2.05, 4.69) is 46.0 Å². The Morgan fingerprint density at radius 2 is 1.87 bits per heavy atom. The van der Waals surface area contributed by atoms with Crippen molar-refractivity contribution in [2.24, 2.45) is 0 Å². The number of anilines is 2. The fraction of sp³-hybridized carbons (Fsp3) is 0.647. The maximum absolute atomic E-state index is 10.1. The molecule has 0 bridgehead atoms. The van der Waals surface area contributed by atoms with Gasteiger partial charge in [0, 0.05) is 12.6 Å². The van der Waals surface area contributed by atoms with Crippen LogP contribution in [-0.2, 0) is 9.31 Å². The van der Waals surface area contributed by atoms with E-state index in [9.17, 15) is 5.11 Å². The summed E-state index contributed by atoms with van der Waals surface area (Å²) in [6.45, 7) is 12.9. The van der Waals surface area contributed by atoms with E-state index < -0.39 is 6.23 Å². The van der Waals surface area contributed by atoms with E-state index in [4.69, 9.17) is 9.31 Å². The number of fused-ring (bicyclic) bond motifs is 1. The highest BCUT2D eigenvalue weighted by molar-refractivity contribution is 6.62. The van der Waals surface area contributed by atoms with E-state index in [0.717, 1.165) is 23.4 Å². The summed E-state index contributed by atoms with van der Waals surface area (Å²) in [6, 6.07) is 6.37. The second-order valence-corrected chi connectivity index (χ2v) is 7.63. The lowest BCUT2D eigenvalue weighted by molar-refractivity contribution is 0.00578. The van der Waals surface area contributed by atoms with Crippen molar-refractivity contribution in [3.05, 3.63) is 18.2 Å². The summed E-state index contributed by atoms with van der Waals surface area (Å²) in [5.74, 6) is 0. The number of nitrogens with one attached hydrogen (secondary N) is 1. The number of aliphatic hydroxyl groups excluding tert-OH is 1. The van der Waals surface area contributed by atoms with Crippen molar-refractivity contribution in [3.8, 4) is 0 Å². The van der Waals surface area contributed by atoms with Crippen molar-refractivity contribution < 1.29 is 14.4 Å². The molecule has 0 aliphatic carbocycles. The normalized spacial score (nSPS) is 26.7. The van der Waals surface area contributed by atoms with Crippen LogP contribution in [0.3, 0.4) is 0 Å². The average molecular weight is 318 g/mol. The number of hydrogen-bond acceptors (Lipinski definition) is 5. The molecule has 23 heavy (non-hydrogen) atoms. The molecule has 6 heteroatoms. The van der Waals surface area contributed by atoms with Gasteiger partial charge in [-0.3, -0.25) is 0 Å². The molecule has 1 aromatic carbocycles. The Morgan fingerprint density at radius 1 is 1.26 bits per heavy atom. The summed E-state index contributed by atoms with van der Waals surface area (Å²) in [7, 11) is -0.369. The number of rotatable bonds is 2. The third-order valence-electron chi connectivity index (χ3n) is 5.29. The van der Waals surface area contributed by atoms with Crippen molar-refractivity contribution in [2.45, 2.75) is 65.0 Å². The van der Waals surface area contributed by atoms with E-state index in [-0.39, 0.29) is 24.4 Å². The van der Waals surface area contributed by atoms with Gasteiger partial charge in [-0.1, -0.05) is 6.07 Å². The molecule has 0 spiro atoms. The molecular formula is C17H27BN2O3. The van der Waals surface area contributed by atoms with Crippen molar-refractivity contribution in [1.29, 1.82) is 0 Å². The zero-order valence-corrected chi connectivity index (χ0v) is 14.9. The summed E-state index contributed by atoms with van der Waals surface area (Å²) in [5, 5.41) is 13.5. The van der Waals surface area contributed by atoms with E-state index in [1.807, 2.05) is 17.0 Å². The van der Waals surface area contributed by atoms with Gasteiger partial charge in [-0.2, -0.15) is 0 Å². The van der Waals surface area contributed by atoms with Crippen LogP contribution in [0.2, 0.25) is 0 Å². The first-order chi connectivity index (χ1) is 10.6. The van der Waals surface area contributed by atoms with Crippen molar-refractivity contribution in [2.75, 3.05) is 16.8 Å². The molecule has 1 unspecified atom stereocenters. The Kier molecular flexibility index (Phi) is 3.90. The van der Waals surface area contributed by atoms with Crippen LogP contribution in [0.5, 0.6) is 0 Å². The van der Waals surface area contributed by atoms with Gasteiger partial charge in [0.2, 0.25) is 0 Å². The molecule has 1 aromatic rings. The van der Waals surface area contributed by atoms with Gasteiger partial charge in [0.15, 0.2) is 0 Å². The SMILES string of the molecule is CC(O)N1c2ccc(B3OC(C)(C)C(C)(C)O3)cc2NC[C@@H]1C. The molecule has 126 valence electrons. The maximum Gasteiger partial charge on any atom is 0.494 e. The summed E-state index contributed by atoms with van der Waals surface area (Å²) in [6.07, 6.45) is -0.520. The lowest BCUT2D eigenvalue weighted by atomic mass is 9.78. The van der Waals surface area contributed by atoms with Gasteiger partial charge in [0.05, 0.1) is 22.6 Å². The summed E-state index contributed by atoms with van der Waals surface area (Å²) >= 11 is 0. The predicted octanol–water partition coefficient (Wildman–Crippen LogP) is 1.94. The minimum atomic E-state index is -0.520. The topological polar surface area (TPSA) is 54.0 Å². The Labute approximate surface area is 139 Å². The van der Waals surface area contributed by atoms with Crippen LogP contribution in [0, 0.1) is 0 Å². The molecule has 0 saturated carbocycles. The second-order valence-electron chi connectivity index (χ2n) is 7.63. The molecular weight excluding hydrogens is 291 g/mol. The molecule has 2 atom stereocenters. The van der Waals surface area contributed by atoms with Gasteiger partial charge in [0.1, 0.15) is 6.23 Å². The molecule has 1 saturated heterocycles. The molecule has 0 aromatic heterocycles. The van der Waals surface area contributed by atoms with Crippen LogP contribution in [0.15, 0.2) is 18.2 Å². The Morgan fingerprint density at radius 3 is 2.43 bits per heavy atom. The minimum Gasteiger partial charge on any atom is -0.399 e. The van der Waals surface area contributed by atoms with Gasteiger partial charge >= 0.3 is 7.12 Å². The van der Waals surface area contributed by atoms with E-state index in [1.165, 1.54) is 0 Å². The molecule has 2 aliphatic rings. The van der Waals surface area contributed by atoms with Crippen LogP contribution in [0.4, 0.5) is 11.4 Å². The molecule has 5 nitrogen and oxygen atoms in total. The Bertz CT molecular complexity index is 588. The fourth-order valence-electron chi connectivity index (χ4n) is 3.21. The molecule has 0 radical (unpaired) electrons. The number of nitrogens with zero attached hydrogens (tertiary/aromatic N) is 1. The maximum atomic E-state index is 10.1. The van der Waals surface area contributed by atoms with Crippen molar-refractivity contribution in [1.82, 2.24) is 0 Å². The number of benzene rings is 1. The monoisotopic (exact) mass is 318 g/mol. The second kappa shape index (κ2) is 5.40. The molecule has 2 aliphatic heterocycles. The molecule has 2 N–H and O–H groups in total. The van der Waals surface area contributed by atoms with Gasteiger partial charge in [-0.05, 0) is 59.1 Å². The highest BCUT2D eigenvalue weighted by Crippen LogP contribution is 2.37. The average Bonchev–Trinajstić information content (AvgIpc) is 2.66. The van der Waals surface area contributed by atoms with Crippen LogP contribution >= 0.6 is 0 Å². The highest BCUT2D eigenvalue weighted by atomic mass is 16.7. The van der Waals surface area contributed by atoms with Crippen LogP contribution < -0.4 is 15.7 Å². The third-order valence-corrected chi connectivity index (χ3v) is 5.29. The van der Waals surface area contributed by atoms with Gasteiger partial charge in [-0.15, -0.1) is 0 Å². The first-order valence-electron chi connectivity index (χ1n) is 8.32. The van der Waals surface area contributed by atoms with Gasteiger partial charge in [0.25, 0.3) is 0 Å². The Balaban J connectivity index is 1.91. The zero-order valence-electron chi connectivity index (χ0n) is 14.9. The first kappa shape index (κ1) is 16.6. The molecule has 2 heterocycles. The van der Waals surface area contributed by atoms with Gasteiger partial charge < -0.3 is 24.6 Å². The predicted molar refractivity (Wildman–Crippen MR) is 94.3 cm³/mol. The highest BCUT2D eigenvalue weighted by Gasteiger charge is 2.51. The fourth-order valence-corrected chi connectivity index (χ4v) is 3.21. The Hall–Kier alpha value is -1.24. The van der Waals surface area contributed by atoms with Crippen molar-refractivity contribution in [3.63, 3.8) is 0 Å². The van der Waals surface area contributed by atoms with E-state index in [0.29, 0.717) is 0 Å². The largest absolute Gasteiger partial charge is 0.494 e. The smallest absolute Gasteiger partial charge is 0.399 e. The number of hydrogen-bond donors (Lipinski definition) is 2. The van der Waals surface area contributed by atoms with Crippen LogP contribution in [0.25, 0.3) is 0 Å². The number of aliphatic hydroxyl groups is 1. The summed E-state index contributed by atoms with van der Waals surface area (Å²) in [5.41, 5.74) is 2.33. The lowest BCUT2D eigenvalue weighted by Gasteiger charge is -2.39. The standard InChI is InChI=1S/C17H27BN2O3/c1-11-10-19-14-9-13(7-8-15(14)20(11)12(2)21)18-22-16(3,4)17(5,6)23-18/h7-9,11-12,19,21H,10H2,1-6H3/t11-,12?/m0/s1. The lowest BCUT2D eigenvalue weighted by Crippen LogP contribution is -2.47. The zero-order chi connectivity index (χ0) is 17.0. The molecule has 3 rings (SSSR count). The molecule has 1 fully saturated rings. The van der Waals surface area contributed by atoms with Crippen molar-refractivity contribution >= 4 is 24.0 Å². The quantitative estimate of drug-likeness (QED) is 0.816. The first-order valence-corrected chi connectivity index (χ1v) is 8.32. The van der Waals surface area contributed by atoms with Crippen LogP contribution in [-0.4, -0.2) is 42.2 Å². The van der Waals surface area contributed by atoms with E-state index >= 15 is 0 Å². The van der Waals surface area contributed by atoms with Gasteiger partial charge in [-0.25, -0.2) is 0 Å². The third kappa shape index (κ3) is 2.73. The van der Waals surface area contributed by atoms with E-state index in [1.54, 1.807) is 6.92 Å². The minimum absolute atomic E-state index is 0.241. The summed E-state index contributed by atoms with van der Waals surface area (Å²) < 4.78 is 12.2. The molecule has 0 amide bonds. The summed E-state index contributed by atoms with van der Waals surface area (Å²) in [4.78, 5) is 2.03. The van der Waals surface area contributed by atoms with Crippen LogP contribution in [0.1, 0.15) is 41.5 Å².